The van der Waals surface area contributed by atoms with E-state index in [-0.39, 0.29) is 10.7 Å². The molecule has 0 amide bonds. The molecular weight excluding hydrogens is 427 g/mol. The van der Waals surface area contributed by atoms with Crippen LogP contribution >= 0.6 is 23.2 Å². The quantitative estimate of drug-likeness (QED) is 0.486. The molecule has 2 aliphatic rings. The Morgan fingerprint density at radius 1 is 1.07 bits per heavy atom. The fourth-order valence-electron chi connectivity index (χ4n) is 3.41. The van der Waals surface area contributed by atoms with Gasteiger partial charge in [0, 0.05) is 19.2 Å². The van der Waals surface area contributed by atoms with Gasteiger partial charge in [-0.25, -0.2) is 0 Å². The number of ether oxygens (including phenoxy) is 1. The second kappa shape index (κ2) is 8.41. The van der Waals surface area contributed by atoms with Crippen LogP contribution in [-0.4, -0.2) is 36.6 Å². The summed E-state index contributed by atoms with van der Waals surface area (Å²) < 4.78 is 8.79. The van der Waals surface area contributed by atoms with Gasteiger partial charge in [0.25, 0.3) is 5.56 Å². The molecule has 2 N–H and O–H groups in total. The summed E-state index contributed by atoms with van der Waals surface area (Å²) in [5, 5.41) is 15.1. The van der Waals surface area contributed by atoms with Gasteiger partial charge in [-0.05, 0) is 30.2 Å². The average Bonchev–Trinajstić information content (AvgIpc) is 2.84. The Morgan fingerprint density at radius 2 is 1.83 bits per heavy atom. The number of aromatic nitrogens is 6. The van der Waals surface area contributed by atoms with Crippen LogP contribution in [0, 0.1) is 10.7 Å². The highest BCUT2D eigenvalue weighted by Gasteiger charge is 2.13. The van der Waals surface area contributed by atoms with Gasteiger partial charge >= 0.3 is 0 Å². The minimum atomic E-state index is -0.214. The van der Waals surface area contributed by atoms with E-state index in [9.17, 15) is 4.79 Å². The molecule has 0 bridgehead atoms. The summed E-state index contributed by atoms with van der Waals surface area (Å²) in [4.78, 5) is 13.4. The minimum absolute atomic E-state index is 0.214. The molecule has 0 aliphatic carbocycles. The Bertz CT molecular complexity index is 1370. The molecule has 8 nitrogen and oxygen atoms in total. The number of nitrogens with zero attached hydrogens (tertiary/aromatic N) is 4. The standard InChI is InChI=1S/C20H20Cl2N6O2/c1-3-8-27-19-15(10-17(22)24-26-19)28(11-12-4-6-13(30-2)7-5-12)18-14(20(27)29)9-16(21)23-25-18/h4-7,9-10,23,25H,3,8,11H2,1-2H3. The van der Waals surface area contributed by atoms with Crippen molar-refractivity contribution >= 4 is 34.4 Å². The van der Waals surface area contributed by atoms with E-state index < -0.39 is 0 Å². The molecule has 0 unspecified atom stereocenters. The van der Waals surface area contributed by atoms with Crippen molar-refractivity contribution in [1.82, 2.24) is 29.5 Å². The summed E-state index contributed by atoms with van der Waals surface area (Å²) in [5.74, 6) is 0.764. The highest BCUT2D eigenvalue weighted by atomic mass is 35.5. The zero-order valence-corrected chi connectivity index (χ0v) is 18.0. The highest BCUT2D eigenvalue weighted by molar-refractivity contribution is 6.29. The van der Waals surface area contributed by atoms with Crippen LogP contribution in [0.15, 0.2) is 41.2 Å². The lowest BCUT2D eigenvalue weighted by atomic mass is 10.2. The third-order valence-corrected chi connectivity index (χ3v) is 5.18. The van der Waals surface area contributed by atoms with E-state index >= 15 is 0 Å². The topological polar surface area (TPSA) is 93.5 Å². The molecule has 1 aromatic heterocycles. The lowest BCUT2D eigenvalue weighted by Crippen LogP contribution is -2.20. The lowest BCUT2D eigenvalue weighted by molar-refractivity contribution is 0.414. The van der Waals surface area contributed by atoms with Crippen molar-refractivity contribution in [3.05, 3.63) is 73.3 Å². The molecule has 3 heterocycles. The SMILES string of the molecule is CCCn1c(=O)c2cc(Cl)[nH][nH]c=2n(Cc2ccc(OC)cc2)c2cc(Cl)nnc21. The molecule has 0 saturated carbocycles. The van der Waals surface area contributed by atoms with Crippen LogP contribution in [0.4, 0.5) is 0 Å². The molecule has 0 spiro atoms. The second-order valence-corrected chi connectivity index (χ2v) is 7.57. The molecule has 2 aliphatic heterocycles. The van der Waals surface area contributed by atoms with Gasteiger partial charge in [0.1, 0.15) is 16.4 Å². The Hall–Kier alpha value is -2.97. The molecular formula is C20H20Cl2N6O2. The zero-order chi connectivity index (χ0) is 21.3. The number of benzene rings is 1. The van der Waals surface area contributed by atoms with Crippen LogP contribution in [0.25, 0.3) is 11.2 Å². The van der Waals surface area contributed by atoms with E-state index in [0.717, 1.165) is 17.7 Å². The molecule has 30 heavy (non-hydrogen) atoms. The van der Waals surface area contributed by atoms with Crippen molar-refractivity contribution < 1.29 is 4.74 Å². The number of hydrogen-bond donors (Lipinski definition) is 2. The fourth-order valence-corrected chi connectivity index (χ4v) is 3.71. The summed E-state index contributed by atoms with van der Waals surface area (Å²) in [6, 6.07) is 11.0. The molecule has 156 valence electrons. The maximum atomic E-state index is 13.4. The van der Waals surface area contributed by atoms with Gasteiger partial charge in [-0.1, -0.05) is 42.3 Å². The third-order valence-electron chi connectivity index (χ3n) is 4.79. The maximum Gasteiger partial charge on any atom is 0.263 e. The van der Waals surface area contributed by atoms with Gasteiger partial charge < -0.3 is 9.30 Å². The van der Waals surface area contributed by atoms with Crippen LogP contribution in [0.2, 0.25) is 10.3 Å². The second-order valence-electron chi connectivity index (χ2n) is 6.77. The van der Waals surface area contributed by atoms with E-state index in [2.05, 4.69) is 20.4 Å². The lowest BCUT2D eigenvalue weighted by Gasteiger charge is -2.11. The normalized spacial score (nSPS) is 11.2. The van der Waals surface area contributed by atoms with E-state index in [1.165, 1.54) is 0 Å². The molecule has 10 heteroatoms. The number of halogens is 2. The molecule has 1 aromatic carbocycles. The number of H-pyrrole nitrogens is 2. The molecule has 0 radical (unpaired) electrons. The predicted molar refractivity (Wildman–Crippen MR) is 116 cm³/mol. The fraction of sp³-hybridized carbons (Fsp3) is 0.250. The predicted octanol–water partition coefficient (Wildman–Crippen LogP) is 3.87. The van der Waals surface area contributed by atoms with Crippen LogP contribution in [0.1, 0.15) is 18.9 Å². The first-order chi connectivity index (χ1) is 14.5. The molecule has 4 rings (SSSR count). The molecule has 2 aromatic rings. The minimum Gasteiger partial charge on any atom is -0.497 e. The smallest absolute Gasteiger partial charge is 0.263 e. The first-order valence-corrected chi connectivity index (χ1v) is 10.2. The van der Waals surface area contributed by atoms with E-state index in [0.29, 0.717) is 40.1 Å². The Balaban J connectivity index is 2.15. The van der Waals surface area contributed by atoms with Crippen molar-refractivity contribution in [3.8, 4) is 5.75 Å². The largest absolute Gasteiger partial charge is 0.497 e. The van der Waals surface area contributed by atoms with Gasteiger partial charge in [-0.2, -0.15) is 0 Å². The number of fused-ring (bicyclic) bond motifs is 1. The van der Waals surface area contributed by atoms with Crippen molar-refractivity contribution in [2.75, 3.05) is 7.11 Å². The number of aromatic amines is 2. The summed E-state index contributed by atoms with van der Waals surface area (Å²) in [7, 11) is 1.62. The first-order valence-electron chi connectivity index (χ1n) is 9.41. The third kappa shape index (κ3) is 3.76. The Kier molecular flexibility index (Phi) is 5.69. The van der Waals surface area contributed by atoms with E-state index in [1.807, 2.05) is 35.8 Å². The van der Waals surface area contributed by atoms with Crippen LogP contribution in [-0.2, 0) is 13.1 Å². The van der Waals surface area contributed by atoms with Crippen molar-refractivity contribution in [3.63, 3.8) is 0 Å². The van der Waals surface area contributed by atoms with Gasteiger partial charge in [0.05, 0.1) is 17.8 Å². The van der Waals surface area contributed by atoms with Crippen molar-refractivity contribution in [1.29, 1.82) is 0 Å². The average molecular weight is 447 g/mol. The zero-order valence-electron chi connectivity index (χ0n) is 16.4. The van der Waals surface area contributed by atoms with Gasteiger partial charge in [-0.3, -0.25) is 19.6 Å². The number of rotatable bonds is 5. The number of hydrogen-bond acceptors (Lipinski definition) is 4. The first kappa shape index (κ1) is 20.3. The monoisotopic (exact) mass is 446 g/mol. The van der Waals surface area contributed by atoms with Crippen molar-refractivity contribution in [2.45, 2.75) is 26.4 Å². The molecule has 0 fully saturated rings. The number of aryl methyl sites for hydroxylation is 1. The van der Waals surface area contributed by atoms with Crippen LogP contribution in [0.3, 0.4) is 0 Å². The van der Waals surface area contributed by atoms with E-state index in [4.69, 9.17) is 27.9 Å². The van der Waals surface area contributed by atoms with Gasteiger partial charge in [-0.15, -0.1) is 10.2 Å². The van der Waals surface area contributed by atoms with Crippen molar-refractivity contribution in [2.24, 2.45) is 0 Å². The summed E-state index contributed by atoms with van der Waals surface area (Å²) >= 11 is 12.4. The Labute approximate surface area is 181 Å². The van der Waals surface area contributed by atoms with E-state index in [1.54, 1.807) is 23.8 Å². The van der Waals surface area contributed by atoms with Gasteiger partial charge in [0.2, 0.25) is 0 Å². The van der Waals surface area contributed by atoms with Gasteiger partial charge in [0.15, 0.2) is 10.8 Å². The number of methoxy groups -OCH3 is 1. The Morgan fingerprint density at radius 3 is 2.53 bits per heavy atom. The highest BCUT2D eigenvalue weighted by Crippen LogP contribution is 2.18. The molecule has 0 atom stereocenters. The summed E-state index contributed by atoms with van der Waals surface area (Å²) in [6.07, 6.45) is 0.750. The summed E-state index contributed by atoms with van der Waals surface area (Å²) in [6.45, 7) is 2.93. The van der Waals surface area contributed by atoms with Crippen LogP contribution in [0.5, 0.6) is 5.75 Å². The summed E-state index contributed by atoms with van der Waals surface area (Å²) in [5.41, 5.74) is 2.46. The van der Waals surface area contributed by atoms with Crippen LogP contribution < -0.4 is 10.3 Å². The number of nitrogens with one attached hydrogen (secondary N) is 2. The molecule has 0 saturated heterocycles. The maximum absolute atomic E-state index is 13.4.